The van der Waals surface area contributed by atoms with Gasteiger partial charge in [0, 0.05) is 6.26 Å². The van der Waals surface area contributed by atoms with E-state index in [1.165, 1.54) is 6.07 Å². The second-order valence-corrected chi connectivity index (χ2v) is 8.14. The van der Waals surface area contributed by atoms with Crippen molar-refractivity contribution in [1.29, 1.82) is 0 Å². The van der Waals surface area contributed by atoms with E-state index in [1.54, 1.807) is 0 Å². The first kappa shape index (κ1) is 16.2. The molecule has 0 atom stereocenters. The highest BCUT2D eigenvalue weighted by Gasteiger charge is 2.21. The van der Waals surface area contributed by atoms with Crippen LogP contribution in [0.1, 0.15) is 5.56 Å². The molecule has 0 aliphatic carbocycles. The first-order valence-corrected chi connectivity index (χ1v) is 8.71. The van der Waals surface area contributed by atoms with E-state index in [9.17, 15) is 21.2 Å². The molecule has 112 valence electrons. The van der Waals surface area contributed by atoms with E-state index in [2.05, 4.69) is 5.16 Å². The highest BCUT2D eigenvalue weighted by atomic mass is 32.3. The molecule has 1 aromatic carbocycles. The molecule has 11 heteroatoms. The predicted octanol–water partition coefficient (Wildman–Crippen LogP) is -0.336. The summed E-state index contributed by atoms with van der Waals surface area (Å²) in [4.78, 5) is 0. The molecule has 0 saturated carbocycles. The Morgan fingerprint density at radius 2 is 2.00 bits per heavy atom. The summed E-state index contributed by atoms with van der Waals surface area (Å²) in [6, 6.07) is 3.31. The fourth-order valence-electron chi connectivity index (χ4n) is 1.40. The van der Waals surface area contributed by atoms with Gasteiger partial charge in [0.25, 0.3) is 0 Å². The summed E-state index contributed by atoms with van der Waals surface area (Å²) in [7, 11) is -8.08. The van der Waals surface area contributed by atoms with Crippen LogP contribution in [0.25, 0.3) is 0 Å². The van der Waals surface area contributed by atoms with Crippen molar-refractivity contribution < 1.29 is 26.4 Å². The zero-order chi connectivity index (χ0) is 15.6. The maximum absolute atomic E-state index is 13.6. The van der Waals surface area contributed by atoms with Gasteiger partial charge in [0.1, 0.15) is 5.82 Å². The van der Waals surface area contributed by atoms with Gasteiger partial charge in [-0.3, -0.25) is 4.72 Å². The summed E-state index contributed by atoms with van der Waals surface area (Å²) in [5.41, 5.74) is 4.44. The molecule has 0 heterocycles. The summed E-state index contributed by atoms with van der Waals surface area (Å²) in [5.74, 6) is -1.58. The van der Waals surface area contributed by atoms with Crippen molar-refractivity contribution in [3.63, 3.8) is 0 Å². The van der Waals surface area contributed by atoms with Crippen molar-refractivity contribution in [2.75, 3.05) is 16.1 Å². The van der Waals surface area contributed by atoms with Gasteiger partial charge in [0.2, 0.25) is 10.0 Å². The molecule has 0 bridgehead atoms. The molecule has 4 N–H and O–H groups in total. The number of hydrogen-bond donors (Lipinski definition) is 3. The highest BCUT2D eigenvalue weighted by Crippen LogP contribution is 2.20. The molecule has 1 aromatic rings. The lowest BCUT2D eigenvalue weighted by molar-refractivity contribution is 0.318. The van der Waals surface area contributed by atoms with E-state index in [1.807, 2.05) is 4.72 Å². The van der Waals surface area contributed by atoms with E-state index < -0.39 is 42.2 Å². The largest absolute Gasteiger partial charge is 0.409 e. The van der Waals surface area contributed by atoms with Gasteiger partial charge in [-0.2, -0.15) is 0 Å². The third-order valence-corrected chi connectivity index (χ3v) is 5.50. The standard InChI is InChI=1S/C9H12FN3O5S2/c1-19(15,16)5-20(17,18)13-7-4-2-3-6(10)8(7)9(11)12-14/h2-4,13-14H,5H2,1H3,(H2,11,12). The van der Waals surface area contributed by atoms with Crippen molar-refractivity contribution in [3.8, 4) is 0 Å². The quantitative estimate of drug-likeness (QED) is 0.293. The van der Waals surface area contributed by atoms with Crippen LogP contribution >= 0.6 is 0 Å². The normalized spacial score (nSPS) is 13.2. The number of amidine groups is 1. The monoisotopic (exact) mass is 325 g/mol. The summed E-state index contributed by atoms with van der Waals surface area (Å²) >= 11 is 0. The summed E-state index contributed by atoms with van der Waals surface area (Å²) in [5, 5.41) is 9.96. The first-order valence-electron chi connectivity index (χ1n) is 5.00. The molecule has 0 saturated heterocycles. The summed E-state index contributed by atoms with van der Waals surface area (Å²) in [6.45, 7) is 0. The van der Waals surface area contributed by atoms with Gasteiger partial charge in [-0.25, -0.2) is 21.2 Å². The number of sulfonamides is 1. The minimum atomic E-state index is -4.27. The third-order valence-electron chi connectivity index (χ3n) is 2.01. The van der Waals surface area contributed by atoms with E-state index in [-0.39, 0.29) is 5.69 Å². The number of benzene rings is 1. The van der Waals surface area contributed by atoms with Crippen LogP contribution in [0.2, 0.25) is 0 Å². The van der Waals surface area contributed by atoms with Crippen LogP contribution in [0.4, 0.5) is 10.1 Å². The number of sulfone groups is 1. The van der Waals surface area contributed by atoms with Crippen molar-refractivity contribution in [3.05, 3.63) is 29.6 Å². The van der Waals surface area contributed by atoms with Crippen LogP contribution in [-0.4, -0.2) is 39.2 Å². The zero-order valence-corrected chi connectivity index (χ0v) is 11.9. The second kappa shape index (κ2) is 5.63. The maximum atomic E-state index is 13.6. The fourth-order valence-corrected chi connectivity index (χ4v) is 4.39. The number of nitrogens with two attached hydrogens (primary N) is 1. The Labute approximate surface area is 115 Å². The molecule has 0 amide bonds. The van der Waals surface area contributed by atoms with Gasteiger partial charge in [-0.05, 0) is 12.1 Å². The Bertz CT molecular complexity index is 743. The lowest BCUT2D eigenvalue weighted by Crippen LogP contribution is -2.25. The van der Waals surface area contributed by atoms with Gasteiger partial charge in [-0.15, -0.1) is 0 Å². The molecule has 0 aliphatic heterocycles. The SMILES string of the molecule is CS(=O)(=O)CS(=O)(=O)Nc1cccc(F)c1/C(N)=N/O. The third kappa shape index (κ3) is 4.35. The molecule has 0 fully saturated rings. The number of hydrogen-bond acceptors (Lipinski definition) is 6. The first-order chi connectivity index (χ1) is 9.06. The number of nitrogens with zero attached hydrogens (tertiary/aromatic N) is 1. The van der Waals surface area contributed by atoms with Gasteiger partial charge in [0.05, 0.1) is 11.3 Å². The second-order valence-electron chi connectivity index (χ2n) is 3.91. The van der Waals surface area contributed by atoms with Gasteiger partial charge in [-0.1, -0.05) is 11.2 Å². The minimum absolute atomic E-state index is 0.330. The topological polar surface area (TPSA) is 139 Å². The Balaban J connectivity index is 3.27. The Kier molecular flexibility index (Phi) is 4.55. The predicted molar refractivity (Wildman–Crippen MR) is 71.2 cm³/mol. The molecule has 8 nitrogen and oxygen atoms in total. The van der Waals surface area contributed by atoms with Gasteiger partial charge < -0.3 is 10.9 Å². The molecule has 0 radical (unpaired) electrons. The molecule has 0 aliphatic rings. The Morgan fingerprint density at radius 3 is 2.50 bits per heavy atom. The Morgan fingerprint density at radius 1 is 1.40 bits per heavy atom. The van der Waals surface area contributed by atoms with E-state index >= 15 is 0 Å². The minimum Gasteiger partial charge on any atom is -0.409 e. The van der Waals surface area contributed by atoms with Crippen molar-refractivity contribution >= 4 is 31.4 Å². The van der Waals surface area contributed by atoms with Crippen molar-refractivity contribution in [2.24, 2.45) is 10.9 Å². The van der Waals surface area contributed by atoms with Crippen LogP contribution in [0.5, 0.6) is 0 Å². The maximum Gasteiger partial charge on any atom is 0.247 e. The van der Waals surface area contributed by atoms with Gasteiger partial charge in [0.15, 0.2) is 20.8 Å². The van der Waals surface area contributed by atoms with Gasteiger partial charge >= 0.3 is 0 Å². The van der Waals surface area contributed by atoms with Crippen LogP contribution in [-0.2, 0) is 19.9 Å². The molecule has 20 heavy (non-hydrogen) atoms. The summed E-state index contributed by atoms with van der Waals surface area (Å²) < 4.78 is 60.7. The van der Waals surface area contributed by atoms with Crippen molar-refractivity contribution in [1.82, 2.24) is 0 Å². The highest BCUT2D eigenvalue weighted by molar-refractivity contribution is 8.08. The van der Waals surface area contributed by atoms with E-state index in [4.69, 9.17) is 10.9 Å². The van der Waals surface area contributed by atoms with E-state index in [0.717, 1.165) is 18.4 Å². The molecule has 1 rings (SSSR count). The van der Waals surface area contributed by atoms with Crippen LogP contribution < -0.4 is 10.5 Å². The zero-order valence-electron chi connectivity index (χ0n) is 10.2. The Hall–Kier alpha value is -1.88. The van der Waals surface area contributed by atoms with Crippen LogP contribution in [0.15, 0.2) is 23.4 Å². The smallest absolute Gasteiger partial charge is 0.247 e. The average Bonchev–Trinajstić information content (AvgIpc) is 2.24. The van der Waals surface area contributed by atoms with Crippen molar-refractivity contribution in [2.45, 2.75) is 0 Å². The fraction of sp³-hybridized carbons (Fsp3) is 0.222. The van der Waals surface area contributed by atoms with Crippen LogP contribution in [0, 0.1) is 5.82 Å². The molecular formula is C9H12FN3O5S2. The number of oxime groups is 1. The summed E-state index contributed by atoms with van der Waals surface area (Å²) in [6.07, 6.45) is 0.738. The number of anilines is 1. The average molecular weight is 325 g/mol. The lowest BCUT2D eigenvalue weighted by Gasteiger charge is -2.11. The number of halogens is 1. The molecule has 0 unspecified atom stereocenters. The van der Waals surface area contributed by atoms with E-state index in [0.29, 0.717) is 0 Å². The molecule has 0 aromatic heterocycles. The van der Waals surface area contributed by atoms with Crippen LogP contribution in [0.3, 0.4) is 0 Å². The number of rotatable bonds is 5. The number of nitrogens with one attached hydrogen (secondary N) is 1. The molecular weight excluding hydrogens is 313 g/mol. The molecule has 0 spiro atoms. The lowest BCUT2D eigenvalue weighted by atomic mass is 10.1.